The fraction of sp³-hybridized carbons (Fsp3) is 0.556. The van der Waals surface area contributed by atoms with Crippen LogP contribution in [-0.2, 0) is 6.54 Å². The molecule has 2 N–H and O–H groups in total. The Morgan fingerprint density at radius 1 is 1.54 bits per heavy atom. The van der Waals surface area contributed by atoms with Gasteiger partial charge >= 0.3 is 0 Å². The summed E-state index contributed by atoms with van der Waals surface area (Å²) < 4.78 is 0. The zero-order valence-electron chi connectivity index (χ0n) is 7.82. The maximum absolute atomic E-state index is 5.53. The van der Waals surface area contributed by atoms with E-state index in [4.69, 9.17) is 5.73 Å². The van der Waals surface area contributed by atoms with E-state index < -0.39 is 0 Å². The topological polar surface area (TPSA) is 55.0 Å². The monoisotopic (exact) mass is 178 g/mol. The van der Waals surface area contributed by atoms with Crippen LogP contribution in [0.2, 0.25) is 0 Å². The minimum Gasteiger partial charge on any atom is -0.341 e. The van der Waals surface area contributed by atoms with Gasteiger partial charge in [0.05, 0.1) is 0 Å². The molecule has 0 unspecified atom stereocenters. The van der Waals surface area contributed by atoms with E-state index in [0.717, 1.165) is 30.3 Å². The van der Waals surface area contributed by atoms with E-state index in [1.807, 2.05) is 13.1 Å². The van der Waals surface area contributed by atoms with Crippen LogP contribution in [0.1, 0.15) is 17.7 Å². The van der Waals surface area contributed by atoms with Gasteiger partial charge in [0.2, 0.25) is 5.95 Å². The third-order valence-electron chi connectivity index (χ3n) is 2.43. The molecule has 0 aromatic carbocycles. The van der Waals surface area contributed by atoms with E-state index in [2.05, 4.69) is 14.9 Å². The Kier molecular flexibility index (Phi) is 2.14. The highest BCUT2D eigenvalue weighted by Gasteiger charge is 2.17. The predicted octanol–water partition coefficient (Wildman–Crippen LogP) is 0.454. The number of nitrogens with zero attached hydrogens (tertiary/aromatic N) is 3. The van der Waals surface area contributed by atoms with Crippen molar-refractivity contribution >= 4 is 5.95 Å². The van der Waals surface area contributed by atoms with Gasteiger partial charge in [-0.15, -0.1) is 0 Å². The molecule has 0 spiro atoms. The van der Waals surface area contributed by atoms with Crippen LogP contribution in [0.15, 0.2) is 6.20 Å². The maximum Gasteiger partial charge on any atom is 0.225 e. The Balaban J connectivity index is 2.24. The predicted molar refractivity (Wildman–Crippen MR) is 51.5 cm³/mol. The molecule has 4 nitrogen and oxygen atoms in total. The molecule has 0 aliphatic carbocycles. The third kappa shape index (κ3) is 1.49. The van der Waals surface area contributed by atoms with Crippen LogP contribution in [0.4, 0.5) is 5.95 Å². The zero-order chi connectivity index (χ0) is 9.26. The van der Waals surface area contributed by atoms with E-state index in [0.29, 0.717) is 6.54 Å². The van der Waals surface area contributed by atoms with Crippen molar-refractivity contribution in [3.8, 4) is 0 Å². The summed E-state index contributed by atoms with van der Waals surface area (Å²) >= 11 is 0. The van der Waals surface area contributed by atoms with E-state index in [1.54, 1.807) is 0 Å². The standard InChI is InChI=1S/C9H14N4/c1-7-8(5-10)6-11-9(12-7)13-3-2-4-13/h6H,2-5,10H2,1H3. The van der Waals surface area contributed by atoms with Gasteiger partial charge < -0.3 is 10.6 Å². The Morgan fingerprint density at radius 3 is 2.77 bits per heavy atom. The number of aryl methyl sites for hydroxylation is 1. The fourth-order valence-corrected chi connectivity index (χ4v) is 1.35. The molecule has 2 heterocycles. The van der Waals surface area contributed by atoms with Crippen LogP contribution < -0.4 is 10.6 Å². The summed E-state index contributed by atoms with van der Waals surface area (Å²) in [5, 5.41) is 0. The first-order chi connectivity index (χ1) is 6.31. The van der Waals surface area contributed by atoms with Crippen LogP contribution in [0, 0.1) is 6.92 Å². The molecule has 1 aliphatic heterocycles. The first kappa shape index (κ1) is 8.44. The molecule has 4 heteroatoms. The largest absolute Gasteiger partial charge is 0.341 e. The second kappa shape index (κ2) is 3.30. The number of aromatic nitrogens is 2. The summed E-state index contributed by atoms with van der Waals surface area (Å²) in [6.07, 6.45) is 3.08. The fourth-order valence-electron chi connectivity index (χ4n) is 1.35. The summed E-state index contributed by atoms with van der Waals surface area (Å²) in [6.45, 7) is 4.67. The average molecular weight is 178 g/mol. The number of hydrogen-bond donors (Lipinski definition) is 1. The van der Waals surface area contributed by atoms with Crippen molar-refractivity contribution in [2.45, 2.75) is 19.9 Å². The van der Waals surface area contributed by atoms with E-state index >= 15 is 0 Å². The summed E-state index contributed by atoms with van der Waals surface area (Å²) in [5.74, 6) is 0.848. The SMILES string of the molecule is Cc1nc(N2CCC2)ncc1CN. The van der Waals surface area contributed by atoms with Gasteiger partial charge in [-0.05, 0) is 13.3 Å². The van der Waals surface area contributed by atoms with Crippen molar-refractivity contribution in [1.82, 2.24) is 9.97 Å². The Hall–Kier alpha value is -1.16. The van der Waals surface area contributed by atoms with Gasteiger partial charge in [0.15, 0.2) is 0 Å². The van der Waals surface area contributed by atoms with Crippen molar-refractivity contribution in [1.29, 1.82) is 0 Å². The lowest BCUT2D eigenvalue weighted by Crippen LogP contribution is -2.38. The number of rotatable bonds is 2. The number of hydrogen-bond acceptors (Lipinski definition) is 4. The minimum atomic E-state index is 0.520. The molecule has 0 atom stereocenters. The maximum atomic E-state index is 5.53. The van der Waals surface area contributed by atoms with Crippen LogP contribution in [0.25, 0.3) is 0 Å². The summed E-state index contributed by atoms with van der Waals surface area (Å²) in [5.41, 5.74) is 7.56. The smallest absolute Gasteiger partial charge is 0.225 e. The summed E-state index contributed by atoms with van der Waals surface area (Å²) in [7, 11) is 0. The Morgan fingerprint density at radius 2 is 2.31 bits per heavy atom. The third-order valence-corrected chi connectivity index (χ3v) is 2.43. The normalized spacial score (nSPS) is 15.7. The lowest BCUT2D eigenvalue weighted by Gasteiger charge is -2.30. The molecular formula is C9H14N4. The highest BCUT2D eigenvalue weighted by atomic mass is 15.3. The molecule has 1 saturated heterocycles. The van der Waals surface area contributed by atoms with Crippen molar-refractivity contribution in [2.75, 3.05) is 18.0 Å². The van der Waals surface area contributed by atoms with Gasteiger partial charge in [0.1, 0.15) is 0 Å². The Labute approximate surface area is 77.8 Å². The van der Waals surface area contributed by atoms with Crippen molar-refractivity contribution < 1.29 is 0 Å². The quantitative estimate of drug-likeness (QED) is 0.714. The molecule has 2 rings (SSSR count). The van der Waals surface area contributed by atoms with Gasteiger partial charge in [-0.25, -0.2) is 9.97 Å². The molecule has 0 amide bonds. The van der Waals surface area contributed by atoms with Crippen LogP contribution in [0.5, 0.6) is 0 Å². The lowest BCUT2D eigenvalue weighted by molar-refractivity contribution is 0.598. The van der Waals surface area contributed by atoms with Gasteiger partial charge in [-0.2, -0.15) is 0 Å². The molecule has 1 aromatic heterocycles. The first-order valence-electron chi connectivity index (χ1n) is 4.59. The van der Waals surface area contributed by atoms with Crippen molar-refractivity contribution in [3.63, 3.8) is 0 Å². The van der Waals surface area contributed by atoms with Crippen LogP contribution >= 0.6 is 0 Å². The molecular weight excluding hydrogens is 164 g/mol. The highest BCUT2D eigenvalue weighted by Crippen LogP contribution is 2.16. The number of nitrogens with two attached hydrogens (primary N) is 1. The molecule has 1 aliphatic rings. The van der Waals surface area contributed by atoms with Gasteiger partial charge in [0, 0.05) is 37.1 Å². The second-order valence-corrected chi connectivity index (χ2v) is 3.33. The second-order valence-electron chi connectivity index (χ2n) is 3.33. The molecule has 0 bridgehead atoms. The Bertz CT molecular complexity index is 306. The van der Waals surface area contributed by atoms with Gasteiger partial charge in [-0.3, -0.25) is 0 Å². The zero-order valence-corrected chi connectivity index (χ0v) is 7.82. The number of anilines is 1. The van der Waals surface area contributed by atoms with E-state index in [9.17, 15) is 0 Å². The van der Waals surface area contributed by atoms with E-state index in [1.165, 1.54) is 6.42 Å². The van der Waals surface area contributed by atoms with Gasteiger partial charge in [0.25, 0.3) is 0 Å². The van der Waals surface area contributed by atoms with Crippen LogP contribution in [-0.4, -0.2) is 23.1 Å². The first-order valence-corrected chi connectivity index (χ1v) is 4.59. The van der Waals surface area contributed by atoms with E-state index in [-0.39, 0.29) is 0 Å². The summed E-state index contributed by atoms with van der Waals surface area (Å²) in [4.78, 5) is 10.8. The molecule has 1 aromatic rings. The molecule has 13 heavy (non-hydrogen) atoms. The van der Waals surface area contributed by atoms with Crippen molar-refractivity contribution in [2.24, 2.45) is 5.73 Å². The molecule has 0 saturated carbocycles. The molecule has 1 fully saturated rings. The average Bonchev–Trinajstić information content (AvgIpc) is 2.01. The van der Waals surface area contributed by atoms with Crippen molar-refractivity contribution in [3.05, 3.63) is 17.5 Å². The summed E-state index contributed by atoms with van der Waals surface area (Å²) in [6, 6.07) is 0. The van der Waals surface area contributed by atoms with Gasteiger partial charge in [-0.1, -0.05) is 0 Å². The molecule has 70 valence electrons. The van der Waals surface area contributed by atoms with Crippen LogP contribution in [0.3, 0.4) is 0 Å². The minimum absolute atomic E-state index is 0.520. The molecule has 0 radical (unpaired) electrons. The lowest BCUT2D eigenvalue weighted by atomic mass is 10.2. The highest BCUT2D eigenvalue weighted by molar-refractivity contribution is 5.35.